The quantitative estimate of drug-likeness (QED) is 0.569. The van der Waals surface area contributed by atoms with Gasteiger partial charge in [0.15, 0.2) is 0 Å². The van der Waals surface area contributed by atoms with Crippen molar-refractivity contribution in [3.8, 4) is 22.8 Å². The van der Waals surface area contributed by atoms with E-state index in [4.69, 9.17) is 4.74 Å². The van der Waals surface area contributed by atoms with Crippen molar-refractivity contribution in [1.29, 1.82) is 0 Å². The van der Waals surface area contributed by atoms with Gasteiger partial charge in [0.1, 0.15) is 11.5 Å². The molecule has 2 N–H and O–H groups in total. The maximum atomic E-state index is 6.04. The lowest BCUT2D eigenvalue weighted by molar-refractivity contribution is 0.328. The van der Waals surface area contributed by atoms with Crippen LogP contribution in [0.2, 0.25) is 0 Å². The molecule has 0 spiro atoms. The summed E-state index contributed by atoms with van der Waals surface area (Å²) in [6.07, 6.45) is 1.98. The largest absolute Gasteiger partial charge is 0.457 e. The smallest absolute Gasteiger partial charge is 0.127 e. The van der Waals surface area contributed by atoms with Gasteiger partial charge in [-0.15, -0.1) is 0 Å². The van der Waals surface area contributed by atoms with Gasteiger partial charge in [-0.25, -0.2) is 0 Å². The fourth-order valence-electron chi connectivity index (χ4n) is 3.11. The highest BCUT2D eigenvalue weighted by atomic mass is 16.5. The summed E-state index contributed by atoms with van der Waals surface area (Å²) in [7, 11) is 4.09. The van der Waals surface area contributed by atoms with Crippen molar-refractivity contribution in [2.24, 2.45) is 0 Å². The highest BCUT2D eigenvalue weighted by Gasteiger charge is 2.11. The first kappa shape index (κ1) is 20.1. The molecule has 0 fully saturated rings. The van der Waals surface area contributed by atoms with Crippen LogP contribution in [0.15, 0.2) is 54.7 Å². The first-order valence-corrected chi connectivity index (χ1v) is 9.81. The van der Waals surface area contributed by atoms with Crippen LogP contribution in [0.25, 0.3) is 11.3 Å². The van der Waals surface area contributed by atoms with Crippen LogP contribution in [0.4, 0.5) is 0 Å². The fourth-order valence-corrected chi connectivity index (χ4v) is 3.11. The van der Waals surface area contributed by atoms with Crippen LogP contribution in [-0.2, 0) is 6.54 Å². The topological polar surface area (TPSA) is 53.2 Å². The number of hydrogen-bond donors (Lipinski definition) is 2. The molecule has 5 nitrogen and oxygen atoms in total. The van der Waals surface area contributed by atoms with Crippen LogP contribution in [-0.4, -0.2) is 42.3 Å². The SMILES string of the molecule is CNCCN(C)Cc1c[nH]nc1-c1ccc(Oc2cccc(C(C)C)c2)cc1. The predicted octanol–water partition coefficient (Wildman–Crippen LogP) is 4.64. The standard InChI is InChI=1S/C23H30N4O/c1-17(2)19-6-5-7-22(14-19)28-21-10-8-18(9-11-21)23-20(15-25-26-23)16-27(4)13-12-24-3/h5-11,14-15,17,24H,12-13,16H2,1-4H3,(H,25,26). The Morgan fingerprint density at radius 1 is 1.11 bits per heavy atom. The molecule has 0 aliphatic carbocycles. The van der Waals surface area contributed by atoms with Crippen LogP contribution >= 0.6 is 0 Å². The van der Waals surface area contributed by atoms with Gasteiger partial charge in [0.25, 0.3) is 0 Å². The Balaban J connectivity index is 1.70. The molecule has 148 valence electrons. The summed E-state index contributed by atoms with van der Waals surface area (Å²) in [5, 5.41) is 10.6. The van der Waals surface area contributed by atoms with E-state index in [2.05, 4.69) is 65.6 Å². The summed E-state index contributed by atoms with van der Waals surface area (Å²) < 4.78 is 6.04. The Kier molecular flexibility index (Phi) is 6.85. The van der Waals surface area contributed by atoms with Gasteiger partial charge in [0, 0.05) is 37.0 Å². The van der Waals surface area contributed by atoms with Crippen LogP contribution in [0.5, 0.6) is 11.5 Å². The maximum absolute atomic E-state index is 6.04. The molecule has 0 saturated carbocycles. The maximum Gasteiger partial charge on any atom is 0.127 e. The van der Waals surface area contributed by atoms with Crippen LogP contribution in [0.1, 0.15) is 30.9 Å². The fraction of sp³-hybridized carbons (Fsp3) is 0.348. The molecule has 0 amide bonds. The number of rotatable bonds is 9. The highest BCUT2D eigenvalue weighted by molar-refractivity contribution is 5.63. The van der Waals surface area contributed by atoms with E-state index in [-0.39, 0.29) is 0 Å². The molecule has 0 aliphatic heterocycles. The van der Waals surface area contributed by atoms with E-state index < -0.39 is 0 Å². The Hall–Kier alpha value is -2.63. The Bertz CT molecular complexity index is 870. The lowest BCUT2D eigenvalue weighted by atomic mass is 10.0. The van der Waals surface area contributed by atoms with E-state index in [0.29, 0.717) is 5.92 Å². The van der Waals surface area contributed by atoms with Crippen molar-refractivity contribution in [2.45, 2.75) is 26.3 Å². The first-order valence-electron chi connectivity index (χ1n) is 9.81. The van der Waals surface area contributed by atoms with Crippen LogP contribution < -0.4 is 10.1 Å². The minimum Gasteiger partial charge on any atom is -0.457 e. The van der Waals surface area contributed by atoms with Gasteiger partial charge in [-0.05, 0) is 62.0 Å². The minimum atomic E-state index is 0.482. The molecule has 3 aromatic rings. The van der Waals surface area contributed by atoms with Gasteiger partial charge in [0.2, 0.25) is 0 Å². The van der Waals surface area contributed by atoms with E-state index in [1.165, 1.54) is 11.1 Å². The van der Waals surface area contributed by atoms with Gasteiger partial charge in [0.05, 0.1) is 5.69 Å². The van der Waals surface area contributed by atoms with Gasteiger partial charge < -0.3 is 15.0 Å². The van der Waals surface area contributed by atoms with Crippen LogP contribution in [0.3, 0.4) is 0 Å². The minimum absolute atomic E-state index is 0.482. The molecule has 2 aromatic carbocycles. The summed E-state index contributed by atoms with van der Waals surface area (Å²) in [5.41, 5.74) is 4.54. The predicted molar refractivity (Wildman–Crippen MR) is 115 cm³/mol. The third-order valence-corrected chi connectivity index (χ3v) is 4.79. The zero-order valence-corrected chi connectivity index (χ0v) is 17.2. The molecule has 0 aliphatic rings. The lowest BCUT2D eigenvalue weighted by Gasteiger charge is -2.16. The van der Waals surface area contributed by atoms with Gasteiger partial charge in [-0.3, -0.25) is 5.10 Å². The molecule has 0 bridgehead atoms. The molecule has 0 radical (unpaired) electrons. The summed E-state index contributed by atoms with van der Waals surface area (Å²) in [5.74, 6) is 2.17. The second-order valence-corrected chi connectivity index (χ2v) is 7.45. The second-order valence-electron chi connectivity index (χ2n) is 7.45. The van der Waals surface area contributed by atoms with Gasteiger partial charge in [-0.1, -0.05) is 26.0 Å². The molecule has 0 unspecified atom stereocenters. The number of likely N-dealkylation sites (N-methyl/N-ethyl adjacent to an activating group) is 2. The third kappa shape index (κ3) is 5.21. The van der Waals surface area contributed by atoms with Gasteiger partial charge >= 0.3 is 0 Å². The number of hydrogen-bond acceptors (Lipinski definition) is 4. The van der Waals surface area contributed by atoms with Crippen molar-refractivity contribution < 1.29 is 4.74 Å². The average Bonchev–Trinajstić information content (AvgIpc) is 3.15. The molecule has 0 atom stereocenters. The molecule has 3 rings (SSSR count). The molecular weight excluding hydrogens is 348 g/mol. The van der Waals surface area contributed by atoms with Crippen molar-refractivity contribution in [1.82, 2.24) is 20.4 Å². The highest BCUT2D eigenvalue weighted by Crippen LogP contribution is 2.28. The molecule has 1 aromatic heterocycles. The number of aromatic amines is 1. The number of H-pyrrole nitrogens is 1. The van der Waals surface area contributed by atoms with E-state index in [0.717, 1.165) is 42.4 Å². The van der Waals surface area contributed by atoms with Crippen LogP contribution in [0, 0.1) is 0 Å². The Labute approximate surface area is 167 Å². The zero-order chi connectivity index (χ0) is 19.9. The van der Waals surface area contributed by atoms with Crippen molar-refractivity contribution in [3.63, 3.8) is 0 Å². The summed E-state index contributed by atoms with van der Waals surface area (Å²) in [6, 6.07) is 16.4. The van der Waals surface area contributed by atoms with Crippen molar-refractivity contribution >= 4 is 0 Å². The molecule has 0 saturated heterocycles. The van der Waals surface area contributed by atoms with E-state index in [1.54, 1.807) is 0 Å². The Morgan fingerprint density at radius 2 is 1.89 bits per heavy atom. The average molecular weight is 379 g/mol. The van der Waals surface area contributed by atoms with E-state index in [1.807, 2.05) is 37.5 Å². The summed E-state index contributed by atoms with van der Waals surface area (Å²) >= 11 is 0. The lowest BCUT2D eigenvalue weighted by Crippen LogP contribution is -2.26. The van der Waals surface area contributed by atoms with E-state index >= 15 is 0 Å². The molecule has 5 heteroatoms. The monoisotopic (exact) mass is 378 g/mol. The van der Waals surface area contributed by atoms with Crippen molar-refractivity contribution in [3.05, 3.63) is 65.9 Å². The molecule has 28 heavy (non-hydrogen) atoms. The molecule has 1 heterocycles. The van der Waals surface area contributed by atoms with Gasteiger partial charge in [-0.2, -0.15) is 5.10 Å². The molecular formula is C23H30N4O. The zero-order valence-electron chi connectivity index (χ0n) is 17.2. The number of ether oxygens (including phenoxy) is 1. The third-order valence-electron chi connectivity index (χ3n) is 4.79. The normalized spacial score (nSPS) is 11.4. The number of nitrogens with zero attached hydrogens (tertiary/aromatic N) is 2. The van der Waals surface area contributed by atoms with Crippen molar-refractivity contribution in [2.75, 3.05) is 27.2 Å². The first-order chi connectivity index (χ1) is 13.6. The summed E-state index contributed by atoms with van der Waals surface area (Å²) in [4.78, 5) is 2.28. The number of nitrogens with one attached hydrogen (secondary N) is 2. The number of benzene rings is 2. The number of aromatic nitrogens is 2. The Morgan fingerprint density at radius 3 is 2.61 bits per heavy atom. The second kappa shape index (κ2) is 9.53. The van der Waals surface area contributed by atoms with E-state index in [9.17, 15) is 0 Å². The summed E-state index contributed by atoms with van der Waals surface area (Å²) in [6.45, 7) is 7.18.